The van der Waals surface area contributed by atoms with Gasteiger partial charge in [0, 0.05) is 13.1 Å². The number of likely N-dealkylation sites (N-methyl/N-ethyl adjacent to an activating group) is 1. The number of rotatable bonds is 15. The number of nitrogens with one attached hydrogen (secondary N) is 2. The zero-order valence-electron chi connectivity index (χ0n) is 16.7. The molecule has 1 amide bonds. The predicted octanol–water partition coefficient (Wildman–Crippen LogP) is 1.30. The monoisotopic (exact) mass is 360 g/mol. The quantitative estimate of drug-likeness (QED) is 0.428. The van der Waals surface area contributed by atoms with Gasteiger partial charge in [-0.1, -0.05) is 0 Å². The Bertz CT molecular complexity index is 397. The molecular weight excluding hydrogens is 324 g/mol. The summed E-state index contributed by atoms with van der Waals surface area (Å²) < 4.78 is 16.7. The average Bonchev–Trinajstić information content (AvgIpc) is 2.46. The van der Waals surface area contributed by atoms with Gasteiger partial charge in [-0.3, -0.25) is 9.59 Å². The molecule has 0 aliphatic rings. The molecule has 0 fully saturated rings. The summed E-state index contributed by atoms with van der Waals surface area (Å²) in [6.45, 7) is 12.0. The van der Waals surface area contributed by atoms with Gasteiger partial charge in [-0.15, -0.1) is 0 Å². The third-order valence-electron chi connectivity index (χ3n) is 3.63. The lowest BCUT2D eigenvalue weighted by molar-refractivity contribution is -0.129. The summed E-state index contributed by atoms with van der Waals surface area (Å²) in [7, 11) is 1.90. The van der Waals surface area contributed by atoms with E-state index in [2.05, 4.69) is 24.5 Å². The van der Waals surface area contributed by atoms with Crippen LogP contribution >= 0.6 is 0 Å². The highest BCUT2D eigenvalue weighted by molar-refractivity contribution is 5.79. The molecule has 0 rings (SSSR count). The van der Waals surface area contributed by atoms with Crippen molar-refractivity contribution in [3.8, 4) is 0 Å². The van der Waals surface area contributed by atoms with Crippen molar-refractivity contribution < 1.29 is 23.8 Å². The maximum atomic E-state index is 11.6. The number of hydrogen-bond donors (Lipinski definition) is 2. The molecule has 0 saturated carbocycles. The van der Waals surface area contributed by atoms with Crippen molar-refractivity contribution >= 4 is 11.7 Å². The van der Waals surface area contributed by atoms with Crippen LogP contribution < -0.4 is 10.6 Å². The van der Waals surface area contributed by atoms with E-state index in [4.69, 9.17) is 14.2 Å². The molecule has 0 spiro atoms. The first kappa shape index (κ1) is 24.0. The SMILES string of the molecule is CNCCOC(C)(C)CCOC(C)(C)CCNC(=O)COCC(C)=O. The molecule has 2 N–H and O–H groups in total. The fraction of sp³-hybridized carbons (Fsp3) is 0.889. The highest BCUT2D eigenvalue weighted by atomic mass is 16.5. The standard InChI is InChI=1S/C18H36N2O5/c1-15(21)13-23-14-16(22)20-9-7-17(2,3)24-11-8-18(4,5)25-12-10-19-6/h19H,7-14H2,1-6H3,(H,20,22). The molecule has 0 saturated heterocycles. The second kappa shape index (κ2) is 12.4. The lowest BCUT2D eigenvalue weighted by Crippen LogP contribution is -2.36. The van der Waals surface area contributed by atoms with Gasteiger partial charge >= 0.3 is 0 Å². The minimum Gasteiger partial charge on any atom is -0.375 e. The van der Waals surface area contributed by atoms with Gasteiger partial charge in [-0.25, -0.2) is 0 Å². The van der Waals surface area contributed by atoms with Crippen LogP contribution in [-0.4, -0.2) is 69.5 Å². The van der Waals surface area contributed by atoms with Gasteiger partial charge in [0.2, 0.25) is 5.91 Å². The van der Waals surface area contributed by atoms with Crippen molar-refractivity contribution in [1.82, 2.24) is 10.6 Å². The summed E-state index contributed by atoms with van der Waals surface area (Å²) in [4.78, 5) is 22.3. The van der Waals surface area contributed by atoms with Crippen molar-refractivity contribution in [2.45, 2.75) is 58.7 Å². The lowest BCUT2D eigenvalue weighted by atomic mass is 10.0. The smallest absolute Gasteiger partial charge is 0.246 e. The van der Waals surface area contributed by atoms with Gasteiger partial charge < -0.3 is 24.8 Å². The largest absolute Gasteiger partial charge is 0.375 e. The van der Waals surface area contributed by atoms with Crippen LogP contribution in [0.2, 0.25) is 0 Å². The maximum Gasteiger partial charge on any atom is 0.246 e. The first-order valence-electron chi connectivity index (χ1n) is 8.84. The van der Waals surface area contributed by atoms with E-state index >= 15 is 0 Å². The van der Waals surface area contributed by atoms with Gasteiger partial charge in [-0.05, 0) is 54.5 Å². The van der Waals surface area contributed by atoms with E-state index < -0.39 is 0 Å². The number of Topliss-reactive ketones (excluding diaryl/α,β-unsaturated/α-hetero) is 1. The summed E-state index contributed by atoms with van der Waals surface area (Å²) in [6.07, 6.45) is 1.48. The molecule has 25 heavy (non-hydrogen) atoms. The minimum atomic E-state index is -0.339. The van der Waals surface area contributed by atoms with Crippen molar-refractivity contribution in [1.29, 1.82) is 0 Å². The topological polar surface area (TPSA) is 85.9 Å². The molecular formula is C18H36N2O5. The van der Waals surface area contributed by atoms with E-state index in [0.717, 1.165) is 13.0 Å². The third-order valence-corrected chi connectivity index (χ3v) is 3.63. The molecule has 148 valence electrons. The van der Waals surface area contributed by atoms with Crippen molar-refractivity contribution in [3.63, 3.8) is 0 Å². The first-order valence-corrected chi connectivity index (χ1v) is 8.84. The molecule has 0 heterocycles. The zero-order chi connectivity index (χ0) is 19.3. The third kappa shape index (κ3) is 15.0. The van der Waals surface area contributed by atoms with E-state index in [1.165, 1.54) is 6.92 Å². The molecule has 0 aromatic carbocycles. The van der Waals surface area contributed by atoms with Crippen LogP contribution in [0, 0.1) is 0 Å². The van der Waals surface area contributed by atoms with Crippen LogP contribution in [0.4, 0.5) is 0 Å². The zero-order valence-corrected chi connectivity index (χ0v) is 16.7. The Morgan fingerprint density at radius 2 is 1.48 bits per heavy atom. The molecule has 0 aliphatic carbocycles. The Morgan fingerprint density at radius 3 is 2.08 bits per heavy atom. The van der Waals surface area contributed by atoms with Crippen molar-refractivity contribution in [3.05, 3.63) is 0 Å². The number of ketones is 1. The van der Waals surface area contributed by atoms with Gasteiger partial charge in [0.15, 0.2) is 5.78 Å². The van der Waals surface area contributed by atoms with E-state index in [-0.39, 0.29) is 36.1 Å². The Morgan fingerprint density at radius 1 is 0.880 bits per heavy atom. The van der Waals surface area contributed by atoms with Crippen LogP contribution in [0.1, 0.15) is 47.5 Å². The van der Waals surface area contributed by atoms with Gasteiger partial charge in [0.25, 0.3) is 0 Å². The van der Waals surface area contributed by atoms with Crippen molar-refractivity contribution in [2.75, 3.05) is 46.6 Å². The summed E-state index contributed by atoms with van der Waals surface area (Å²) >= 11 is 0. The number of hydrogen-bond acceptors (Lipinski definition) is 6. The first-order chi connectivity index (χ1) is 11.6. The second-order valence-electron chi connectivity index (χ2n) is 7.36. The predicted molar refractivity (Wildman–Crippen MR) is 97.7 cm³/mol. The van der Waals surface area contributed by atoms with E-state index in [9.17, 15) is 9.59 Å². The van der Waals surface area contributed by atoms with Crippen LogP contribution in [0.5, 0.6) is 0 Å². The Labute approximate surface area is 152 Å². The molecule has 0 aromatic heterocycles. The second-order valence-corrected chi connectivity index (χ2v) is 7.36. The van der Waals surface area contributed by atoms with Gasteiger partial charge in [0.1, 0.15) is 13.2 Å². The number of carbonyl (C=O) groups is 2. The molecule has 0 aromatic rings. The van der Waals surface area contributed by atoms with Crippen LogP contribution in [-0.2, 0) is 23.8 Å². The highest BCUT2D eigenvalue weighted by Gasteiger charge is 2.22. The van der Waals surface area contributed by atoms with E-state index in [1.54, 1.807) is 0 Å². The highest BCUT2D eigenvalue weighted by Crippen LogP contribution is 2.19. The summed E-state index contributed by atoms with van der Waals surface area (Å²) in [5.74, 6) is -0.323. The Hall–Kier alpha value is -1.02. The van der Waals surface area contributed by atoms with Crippen molar-refractivity contribution in [2.24, 2.45) is 0 Å². The molecule has 7 heteroatoms. The van der Waals surface area contributed by atoms with Crippen LogP contribution in [0.25, 0.3) is 0 Å². The van der Waals surface area contributed by atoms with E-state index in [1.807, 2.05) is 20.9 Å². The van der Waals surface area contributed by atoms with Gasteiger partial charge in [0.05, 0.1) is 24.4 Å². The fourth-order valence-electron chi connectivity index (χ4n) is 1.99. The average molecular weight is 360 g/mol. The van der Waals surface area contributed by atoms with Crippen LogP contribution in [0.3, 0.4) is 0 Å². The summed E-state index contributed by atoms with van der Waals surface area (Å²) in [6, 6.07) is 0. The summed E-state index contributed by atoms with van der Waals surface area (Å²) in [5, 5.41) is 5.82. The molecule has 0 atom stereocenters. The number of ether oxygens (including phenoxy) is 3. The normalized spacial score (nSPS) is 12.2. The fourth-order valence-corrected chi connectivity index (χ4v) is 1.99. The number of amides is 1. The summed E-state index contributed by atoms with van der Waals surface area (Å²) in [5.41, 5.74) is -0.566. The van der Waals surface area contributed by atoms with E-state index in [0.29, 0.717) is 26.2 Å². The van der Waals surface area contributed by atoms with Gasteiger partial charge in [-0.2, -0.15) is 0 Å². The Balaban J connectivity index is 3.89. The molecule has 0 aliphatic heterocycles. The minimum absolute atomic E-state index is 0.0335. The maximum absolute atomic E-state index is 11.6. The molecule has 0 bridgehead atoms. The number of carbonyl (C=O) groups excluding carboxylic acids is 2. The molecule has 0 radical (unpaired) electrons. The molecule has 7 nitrogen and oxygen atoms in total. The Kier molecular flexibility index (Phi) is 11.8. The van der Waals surface area contributed by atoms with Crippen LogP contribution in [0.15, 0.2) is 0 Å². The molecule has 0 unspecified atom stereocenters. The lowest BCUT2D eigenvalue weighted by Gasteiger charge is -2.30.